The molecule has 0 N–H and O–H groups in total. The molecule has 0 unspecified atom stereocenters. The van der Waals surface area contributed by atoms with Gasteiger partial charge < -0.3 is 9.64 Å². The number of nitriles is 1. The zero-order valence-electron chi connectivity index (χ0n) is 15.3. The lowest BCUT2D eigenvalue weighted by Gasteiger charge is -2.42. The first-order valence-corrected chi connectivity index (χ1v) is 9.81. The molecule has 1 saturated heterocycles. The number of nitrogens with zero attached hydrogens (tertiary/aromatic N) is 3. The van der Waals surface area contributed by atoms with Crippen molar-refractivity contribution in [1.82, 2.24) is 4.90 Å². The van der Waals surface area contributed by atoms with Gasteiger partial charge >= 0.3 is 0 Å². The van der Waals surface area contributed by atoms with Crippen molar-refractivity contribution in [1.29, 1.82) is 5.26 Å². The number of amides is 1. The van der Waals surface area contributed by atoms with Crippen LogP contribution in [-0.4, -0.2) is 30.5 Å². The van der Waals surface area contributed by atoms with Gasteiger partial charge in [-0.1, -0.05) is 30.0 Å². The number of methoxy groups -OCH3 is 1. The molecule has 2 heterocycles. The molecule has 0 saturated carbocycles. The molecular weight excluding hydrogens is 377 g/mol. The van der Waals surface area contributed by atoms with Crippen LogP contribution in [0.4, 0.5) is 10.1 Å². The molecule has 2 aliphatic rings. The third kappa shape index (κ3) is 3.20. The number of halogens is 1. The molecule has 0 radical (unpaired) electrons. The number of hydrogen-bond donors (Lipinski definition) is 0. The van der Waals surface area contributed by atoms with E-state index in [-0.39, 0.29) is 24.1 Å². The monoisotopic (exact) mass is 395 g/mol. The predicted octanol–water partition coefficient (Wildman–Crippen LogP) is 4.05. The van der Waals surface area contributed by atoms with E-state index in [1.807, 2.05) is 29.2 Å². The molecule has 0 aliphatic carbocycles. The molecule has 5 nitrogen and oxygen atoms in total. The molecule has 2 aromatic carbocycles. The van der Waals surface area contributed by atoms with Crippen LogP contribution in [0.5, 0.6) is 5.75 Å². The van der Waals surface area contributed by atoms with E-state index in [0.29, 0.717) is 28.9 Å². The smallest absolute Gasteiger partial charge is 0.229 e. The number of hydrogen-bond acceptors (Lipinski definition) is 5. The van der Waals surface area contributed by atoms with E-state index in [1.165, 1.54) is 23.9 Å². The first-order valence-electron chi connectivity index (χ1n) is 8.83. The topological polar surface area (TPSA) is 56.6 Å². The van der Waals surface area contributed by atoms with Crippen LogP contribution in [-0.2, 0) is 4.79 Å². The Bertz CT molecular complexity index is 984. The van der Waals surface area contributed by atoms with E-state index < -0.39 is 0 Å². The fourth-order valence-corrected chi connectivity index (χ4v) is 4.77. The quantitative estimate of drug-likeness (QED) is 0.785. The molecule has 28 heavy (non-hydrogen) atoms. The summed E-state index contributed by atoms with van der Waals surface area (Å²) in [5.74, 6) is 0.605. The van der Waals surface area contributed by atoms with Gasteiger partial charge in [0.25, 0.3) is 0 Å². The van der Waals surface area contributed by atoms with Crippen LogP contribution in [0.25, 0.3) is 0 Å². The summed E-state index contributed by atoms with van der Waals surface area (Å²) >= 11 is 1.46. The Morgan fingerprint density at radius 2 is 1.96 bits per heavy atom. The standard InChI is InChI=1S/C21H18FN3O2S/c1-27-19-5-3-2-4-16(19)17-10-20(26)25-12-24(13-28-21(25)18(17)11-23)15-8-6-14(22)7-9-15/h2-9,17H,10,12-13H2,1H3/t17-/m1/s1. The van der Waals surface area contributed by atoms with Crippen LogP contribution in [0.2, 0.25) is 0 Å². The average molecular weight is 395 g/mol. The fraction of sp³-hybridized carbons (Fsp3) is 0.238. The number of rotatable bonds is 3. The highest BCUT2D eigenvalue weighted by molar-refractivity contribution is 8.03. The van der Waals surface area contributed by atoms with Crippen molar-refractivity contribution in [3.05, 3.63) is 70.5 Å². The van der Waals surface area contributed by atoms with Gasteiger partial charge in [0.1, 0.15) is 11.6 Å². The van der Waals surface area contributed by atoms with Crippen LogP contribution < -0.4 is 9.64 Å². The molecule has 0 aromatic heterocycles. The SMILES string of the molecule is COc1ccccc1[C@H]1CC(=O)N2CN(c3ccc(F)cc3)CSC2=C1C#N. The van der Waals surface area contributed by atoms with Crippen molar-refractivity contribution >= 4 is 23.4 Å². The van der Waals surface area contributed by atoms with Crippen molar-refractivity contribution in [2.24, 2.45) is 0 Å². The van der Waals surface area contributed by atoms with Crippen LogP contribution in [0.1, 0.15) is 17.9 Å². The minimum atomic E-state index is -0.315. The van der Waals surface area contributed by atoms with Crippen molar-refractivity contribution in [2.75, 3.05) is 24.6 Å². The van der Waals surface area contributed by atoms with E-state index in [1.54, 1.807) is 24.1 Å². The number of allylic oxidation sites excluding steroid dienone is 1. The number of fused-ring (bicyclic) bond motifs is 1. The molecule has 1 fully saturated rings. The van der Waals surface area contributed by atoms with Gasteiger partial charge in [0.05, 0.1) is 36.3 Å². The van der Waals surface area contributed by atoms with E-state index in [4.69, 9.17) is 4.74 Å². The number of para-hydroxylation sites is 1. The molecule has 0 spiro atoms. The van der Waals surface area contributed by atoms with Crippen LogP contribution in [0, 0.1) is 17.1 Å². The summed E-state index contributed by atoms with van der Waals surface area (Å²) in [7, 11) is 1.59. The van der Waals surface area contributed by atoms with Crippen molar-refractivity contribution in [3.63, 3.8) is 0 Å². The fourth-order valence-electron chi connectivity index (χ4n) is 3.60. The summed E-state index contributed by atoms with van der Waals surface area (Å²) in [5, 5.41) is 10.6. The van der Waals surface area contributed by atoms with Gasteiger partial charge in [-0.25, -0.2) is 4.39 Å². The summed E-state index contributed by atoms with van der Waals surface area (Å²) in [6, 6.07) is 16.0. The van der Waals surface area contributed by atoms with Gasteiger partial charge in [-0.05, 0) is 30.3 Å². The maximum atomic E-state index is 13.2. The summed E-state index contributed by atoms with van der Waals surface area (Å²) in [6.45, 7) is 0.344. The molecular formula is C21H18FN3O2S. The second-order valence-electron chi connectivity index (χ2n) is 6.58. The molecule has 4 rings (SSSR count). The normalized spacial score (nSPS) is 19.3. The minimum Gasteiger partial charge on any atom is -0.496 e. The second-order valence-corrected chi connectivity index (χ2v) is 7.52. The Morgan fingerprint density at radius 1 is 1.21 bits per heavy atom. The van der Waals surface area contributed by atoms with Gasteiger partial charge in [0, 0.05) is 23.6 Å². The third-order valence-corrected chi connectivity index (χ3v) is 6.15. The Hall–Kier alpha value is -2.98. The number of carbonyl (C=O) groups is 1. The maximum Gasteiger partial charge on any atom is 0.229 e. The zero-order chi connectivity index (χ0) is 19.7. The predicted molar refractivity (Wildman–Crippen MR) is 106 cm³/mol. The molecule has 1 atom stereocenters. The van der Waals surface area contributed by atoms with E-state index in [9.17, 15) is 14.4 Å². The Kier molecular flexibility index (Phi) is 4.97. The van der Waals surface area contributed by atoms with Gasteiger partial charge in [-0.3, -0.25) is 9.69 Å². The minimum absolute atomic E-state index is 0.0378. The first kappa shape index (κ1) is 18.4. The van der Waals surface area contributed by atoms with E-state index in [2.05, 4.69) is 6.07 Å². The number of benzene rings is 2. The molecule has 1 amide bonds. The van der Waals surface area contributed by atoms with Crippen molar-refractivity contribution in [2.45, 2.75) is 12.3 Å². The lowest BCUT2D eigenvalue weighted by atomic mass is 9.86. The lowest BCUT2D eigenvalue weighted by Crippen LogP contribution is -2.47. The molecule has 2 aliphatic heterocycles. The molecule has 0 bridgehead atoms. The summed E-state index contributed by atoms with van der Waals surface area (Å²) in [4.78, 5) is 16.6. The molecule has 7 heteroatoms. The second kappa shape index (κ2) is 7.56. The first-order chi connectivity index (χ1) is 13.6. The summed E-state index contributed by atoms with van der Waals surface area (Å²) in [6.07, 6.45) is 0.213. The maximum absolute atomic E-state index is 13.2. The average Bonchev–Trinajstić information content (AvgIpc) is 2.74. The highest BCUT2D eigenvalue weighted by Gasteiger charge is 2.39. The number of thioether (sulfide) groups is 1. The van der Waals surface area contributed by atoms with E-state index in [0.717, 1.165) is 11.3 Å². The Morgan fingerprint density at radius 3 is 2.68 bits per heavy atom. The highest BCUT2D eigenvalue weighted by Crippen LogP contribution is 2.45. The van der Waals surface area contributed by atoms with E-state index >= 15 is 0 Å². The summed E-state index contributed by atoms with van der Waals surface area (Å²) < 4.78 is 18.7. The Labute approximate surface area is 167 Å². The number of anilines is 1. The van der Waals surface area contributed by atoms with Crippen molar-refractivity contribution < 1.29 is 13.9 Å². The largest absolute Gasteiger partial charge is 0.496 e. The lowest BCUT2D eigenvalue weighted by molar-refractivity contribution is -0.129. The summed E-state index contributed by atoms with van der Waals surface area (Å²) in [5.41, 5.74) is 2.28. The van der Waals surface area contributed by atoms with Crippen molar-refractivity contribution in [3.8, 4) is 11.8 Å². The van der Waals surface area contributed by atoms with Crippen LogP contribution >= 0.6 is 11.8 Å². The highest BCUT2D eigenvalue weighted by atomic mass is 32.2. The number of carbonyl (C=O) groups excluding carboxylic acids is 1. The molecule has 2 aromatic rings. The molecule has 142 valence electrons. The van der Waals surface area contributed by atoms with Crippen LogP contribution in [0.3, 0.4) is 0 Å². The van der Waals surface area contributed by atoms with Gasteiger partial charge in [-0.2, -0.15) is 5.26 Å². The number of ether oxygens (including phenoxy) is 1. The van der Waals surface area contributed by atoms with Gasteiger partial charge in [0.15, 0.2) is 0 Å². The van der Waals surface area contributed by atoms with Crippen LogP contribution in [0.15, 0.2) is 59.1 Å². The van der Waals surface area contributed by atoms with Gasteiger partial charge in [0.2, 0.25) is 5.91 Å². The zero-order valence-corrected chi connectivity index (χ0v) is 16.1. The Balaban J connectivity index is 1.68. The third-order valence-electron chi connectivity index (χ3n) is 5.00. The van der Waals surface area contributed by atoms with Gasteiger partial charge in [-0.15, -0.1) is 0 Å².